The van der Waals surface area contributed by atoms with Gasteiger partial charge in [0.15, 0.2) is 11.5 Å². The van der Waals surface area contributed by atoms with Gasteiger partial charge in [-0.05, 0) is 64.2 Å². The van der Waals surface area contributed by atoms with E-state index >= 15 is 0 Å². The van der Waals surface area contributed by atoms with Gasteiger partial charge < -0.3 is 14.8 Å². The van der Waals surface area contributed by atoms with Crippen LogP contribution in [0.3, 0.4) is 0 Å². The minimum atomic E-state index is -0.412. The van der Waals surface area contributed by atoms with Crippen LogP contribution in [-0.2, 0) is 17.8 Å². The van der Waals surface area contributed by atoms with Crippen LogP contribution in [0.15, 0.2) is 76.8 Å². The summed E-state index contributed by atoms with van der Waals surface area (Å²) < 4.78 is 12.1. The summed E-state index contributed by atoms with van der Waals surface area (Å²) in [6.45, 7) is 0.743. The van der Waals surface area contributed by atoms with Crippen molar-refractivity contribution in [3.8, 4) is 17.6 Å². The number of methoxy groups -OCH3 is 1. The molecule has 0 fully saturated rings. The van der Waals surface area contributed by atoms with Gasteiger partial charge in [0.1, 0.15) is 18.2 Å². The molecule has 0 atom stereocenters. The average Bonchev–Trinajstić information content (AvgIpc) is 2.85. The molecule has 5 nitrogen and oxygen atoms in total. The fraction of sp³-hybridized carbons (Fsp3) is 0.185. The third-order valence-electron chi connectivity index (χ3n) is 5.03. The van der Waals surface area contributed by atoms with Gasteiger partial charge in [0, 0.05) is 17.1 Å². The maximum atomic E-state index is 12.5. The van der Waals surface area contributed by atoms with E-state index in [1.807, 2.05) is 42.5 Å². The molecular weight excluding hydrogens is 516 g/mol. The van der Waals surface area contributed by atoms with Crippen molar-refractivity contribution in [3.05, 3.63) is 98.5 Å². The lowest BCUT2D eigenvalue weighted by molar-refractivity contribution is -0.117. The lowest BCUT2D eigenvalue weighted by atomic mass is 10.1. The van der Waals surface area contributed by atoms with Crippen molar-refractivity contribution in [2.24, 2.45) is 0 Å². The summed E-state index contributed by atoms with van der Waals surface area (Å²) in [5, 5.41) is 12.9. The first-order chi connectivity index (χ1) is 16.5. The Labute approximate surface area is 213 Å². The number of benzene rings is 3. The first kappa shape index (κ1) is 25.4. The van der Waals surface area contributed by atoms with Gasteiger partial charge in [0.05, 0.1) is 11.6 Å². The molecule has 7 heteroatoms. The normalized spacial score (nSPS) is 10.9. The highest BCUT2D eigenvalue weighted by molar-refractivity contribution is 9.10. The van der Waals surface area contributed by atoms with Gasteiger partial charge in [-0.25, -0.2) is 0 Å². The highest BCUT2D eigenvalue weighted by Crippen LogP contribution is 2.38. The number of rotatable bonds is 10. The third-order valence-corrected chi connectivity index (χ3v) is 5.99. The molecule has 0 unspecified atom stereocenters. The van der Waals surface area contributed by atoms with Crippen molar-refractivity contribution >= 4 is 39.5 Å². The highest BCUT2D eigenvalue weighted by atomic mass is 79.9. The topological polar surface area (TPSA) is 71.3 Å². The zero-order valence-corrected chi connectivity index (χ0v) is 21.0. The second-order valence-corrected chi connectivity index (χ2v) is 8.69. The van der Waals surface area contributed by atoms with Gasteiger partial charge >= 0.3 is 0 Å². The zero-order chi connectivity index (χ0) is 24.3. The average molecular weight is 540 g/mol. The second-order valence-electron chi connectivity index (χ2n) is 7.43. The maximum absolute atomic E-state index is 12.5. The van der Waals surface area contributed by atoms with Crippen LogP contribution in [0.1, 0.15) is 23.1 Å². The number of hydrogen-bond acceptors (Lipinski definition) is 4. The Morgan fingerprint density at radius 2 is 1.88 bits per heavy atom. The van der Waals surface area contributed by atoms with Crippen molar-refractivity contribution in [2.45, 2.75) is 19.4 Å². The van der Waals surface area contributed by atoms with Gasteiger partial charge in [-0.15, -0.1) is 0 Å². The summed E-state index contributed by atoms with van der Waals surface area (Å²) in [4.78, 5) is 12.5. The molecule has 0 aliphatic carbocycles. The third kappa shape index (κ3) is 7.11. The predicted octanol–water partition coefficient (Wildman–Crippen LogP) is 6.35. The van der Waals surface area contributed by atoms with Crippen LogP contribution >= 0.6 is 27.5 Å². The molecule has 1 N–H and O–H groups in total. The van der Waals surface area contributed by atoms with Crippen LogP contribution in [0.25, 0.3) is 6.08 Å². The molecule has 0 aromatic heterocycles. The first-order valence-corrected chi connectivity index (χ1v) is 11.9. The smallest absolute Gasteiger partial charge is 0.261 e. The van der Waals surface area contributed by atoms with Crippen molar-refractivity contribution in [1.29, 1.82) is 5.26 Å². The molecule has 0 aliphatic rings. The van der Waals surface area contributed by atoms with E-state index in [4.69, 9.17) is 21.1 Å². The number of ether oxygens (including phenoxy) is 2. The van der Waals surface area contributed by atoms with Crippen LogP contribution in [-0.4, -0.2) is 19.6 Å². The molecule has 34 heavy (non-hydrogen) atoms. The minimum Gasteiger partial charge on any atom is -0.493 e. The van der Waals surface area contributed by atoms with Gasteiger partial charge in [-0.1, -0.05) is 60.1 Å². The Morgan fingerprint density at radius 1 is 1.15 bits per heavy atom. The highest BCUT2D eigenvalue weighted by Gasteiger charge is 2.14. The van der Waals surface area contributed by atoms with Gasteiger partial charge in [-0.3, -0.25) is 4.79 Å². The standard InChI is InChI=1S/C27H24BrClN2O3/c1-33-25-16-20(15-23(28)26(25)34-18-21-11-5-6-12-24(21)29)14-22(17-30)27(32)31-13-7-10-19-8-3-2-4-9-19/h2-6,8-9,11-12,14-16H,7,10,13,18H2,1H3,(H,31,32)/b22-14+. The summed E-state index contributed by atoms with van der Waals surface area (Å²) in [7, 11) is 1.53. The zero-order valence-electron chi connectivity index (χ0n) is 18.7. The minimum absolute atomic E-state index is 0.0124. The van der Waals surface area contributed by atoms with Gasteiger partial charge in [0.25, 0.3) is 5.91 Å². The molecule has 3 rings (SSSR count). The van der Waals surface area contributed by atoms with Crippen molar-refractivity contribution in [1.82, 2.24) is 5.32 Å². The molecule has 3 aromatic rings. The van der Waals surface area contributed by atoms with Crippen molar-refractivity contribution in [2.75, 3.05) is 13.7 Å². The maximum Gasteiger partial charge on any atom is 0.261 e. The molecule has 0 saturated carbocycles. The van der Waals surface area contributed by atoms with Crippen LogP contribution in [0.5, 0.6) is 11.5 Å². The molecular formula is C27H24BrClN2O3. The number of hydrogen-bond donors (Lipinski definition) is 1. The first-order valence-electron chi connectivity index (χ1n) is 10.7. The number of nitrogens with zero attached hydrogens (tertiary/aromatic N) is 1. The molecule has 174 valence electrons. The number of carbonyl (C=O) groups is 1. The monoisotopic (exact) mass is 538 g/mol. The summed E-state index contributed by atoms with van der Waals surface area (Å²) in [6.07, 6.45) is 3.16. The molecule has 0 bridgehead atoms. The van der Waals surface area contributed by atoms with Gasteiger partial charge in [-0.2, -0.15) is 5.26 Å². The molecule has 3 aromatic carbocycles. The van der Waals surface area contributed by atoms with E-state index < -0.39 is 5.91 Å². The van der Waals surface area contributed by atoms with E-state index in [2.05, 4.69) is 33.4 Å². The molecule has 0 radical (unpaired) electrons. The quantitative estimate of drug-likeness (QED) is 0.185. The van der Waals surface area contributed by atoms with E-state index in [0.717, 1.165) is 18.4 Å². The SMILES string of the molecule is COc1cc(/C=C(\C#N)C(=O)NCCCc2ccccc2)cc(Br)c1OCc1ccccc1Cl. The van der Waals surface area contributed by atoms with Crippen LogP contribution in [0.4, 0.5) is 0 Å². The number of aryl methyl sites for hydroxylation is 1. The largest absolute Gasteiger partial charge is 0.493 e. The summed E-state index contributed by atoms with van der Waals surface area (Å²) in [5.74, 6) is 0.557. The van der Waals surface area contributed by atoms with Crippen LogP contribution in [0, 0.1) is 11.3 Å². The fourth-order valence-electron chi connectivity index (χ4n) is 3.28. The number of nitriles is 1. The Balaban J connectivity index is 1.66. The summed E-state index contributed by atoms with van der Waals surface area (Å²) in [5.41, 5.74) is 2.70. The summed E-state index contributed by atoms with van der Waals surface area (Å²) >= 11 is 9.71. The number of amides is 1. The van der Waals surface area contributed by atoms with Crippen molar-refractivity contribution in [3.63, 3.8) is 0 Å². The Morgan fingerprint density at radius 3 is 2.59 bits per heavy atom. The van der Waals surface area contributed by atoms with E-state index in [1.54, 1.807) is 18.2 Å². The van der Waals surface area contributed by atoms with E-state index in [9.17, 15) is 10.1 Å². The molecule has 1 amide bonds. The molecule has 0 aliphatic heterocycles. The van der Waals surface area contributed by atoms with Crippen molar-refractivity contribution < 1.29 is 14.3 Å². The molecule has 0 saturated heterocycles. The van der Waals surface area contributed by atoms with E-state index in [-0.39, 0.29) is 12.2 Å². The Kier molecular flexibility index (Phi) is 9.57. The van der Waals surface area contributed by atoms with E-state index in [1.165, 1.54) is 18.7 Å². The lowest BCUT2D eigenvalue weighted by Gasteiger charge is -2.14. The Hall–Kier alpha value is -3.27. The van der Waals surface area contributed by atoms with Gasteiger partial charge in [0.2, 0.25) is 0 Å². The number of halogens is 2. The number of nitrogens with one attached hydrogen (secondary N) is 1. The van der Waals surface area contributed by atoms with E-state index in [0.29, 0.717) is 33.1 Å². The Bertz CT molecular complexity index is 1210. The molecule has 0 spiro atoms. The molecule has 0 heterocycles. The number of carbonyl (C=O) groups excluding carboxylic acids is 1. The van der Waals surface area contributed by atoms with Crippen LogP contribution in [0.2, 0.25) is 5.02 Å². The summed E-state index contributed by atoms with van der Waals surface area (Å²) in [6, 6.07) is 23.0. The lowest BCUT2D eigenvalue weighted by Crippen LogP contribution is -2.25. The second kappa shape index (κ2) is 12.8. The predicted molar refractivity (Wildman–Crippen MR) is 138 cm³/mol. The van der Waals surface area contributed by atoms with Crippen LogP contribution < -0.4 is 14.8 Å². The fourth-order valence-corrected chi connectivity index (χ4v) is 4.04.